The van der Waals surface area contributed by atoms with Crippen molar-refractivity contribution >= 4 is 29.0 Å². The number of carbonyl (C=O) groups excluding carboxylic acids is 2. The van der Waals surface area contributed by atoms with Crippen LogP contribution in [-0.2, 0) is 19.4 Å². The molecule has 0 saturated carbocycles. The number of rotatable bonds is 8. The number of benzene rings is 2. The van der Waals surface area contributed by atoms with E-state index in [0.717, 1.165) is 0 Å². The van der Waals surface area contributed by atoms with E-state index in [4.69, 9.17) is 5.73 Å². The number of hydrogen-bond acceptors (Lipinski definition) is 4. The molecule has 162 valence electrons. The number of nitrogens with one attached hydrogen (secondary N) is 2. The molecule has 3 rings (SSSR count). The standard InChI is InChI=1S/C23H25FN4O2S/c1-14(2)15-7-10-17(11-8-15)27-23(30)26-13-20-28-21(22(25)29)19(31-20)12-9-16-5-3-4-6-18(16)24/h3-8,10-11,14H,9,12-13H2,1-2H3,(H2,25,29)(H2,26,27,30). The van der Waals surface area contributed by atoms with Gasteiger partial charge in [-0.1, -0.05) is 44.2 Å². The number of thiazole rings is 1. The monoisotopic (exact) mass is 440 g/mol. The van der Waals surface area contributed by atoms with E-state index in [0.29, 0.717) is 39.9 Å². The zero-order valence-corrected chi connectivity index (χ0v) is 18.3. The average Bonchev–Trinajstić information content (AvgIpc) is 3.16. The molecule has 4 N–H and O–H groups in total. The molecule has 0 spiro atoms. The second-order valence-corrected chi connectivity index (χ2v) is 8.59. The summed E-state index contributed by atoms with van der Waals surface area (Å²) in [4.78, 5) is 28.9. The molecule has 0 aliphatic rings. The topological polar surface area (TPSA) is 97.1 Å². The summed E-state index contributed by atoms with van der Waals surface area (Å²) >= 11 is 1.29. The molecule has 0 aliphatic carbocycles. The number of hydrogen-bond donors (Lipinski definition) is 3. The molecule has 0 radical (unpaired) electrons. The van der Waals surface area contributed by atoms with Crippen molar-refractivity contribution < 1.29 is 14.0 Å². The molecule has 0 saturated heterocycles. The van der Waals surface area contributed by atoms with Crippen LogP contribution in [-0.4, -0.2) is 16.9 Å². The summed E-state index contributed by atoms with van der Waals surface area (Å²) in [6.07, 6.45) is 0.861. The van der Waals surface area contributed by atoms with Gasteiger partial charge in [0.15, 0.2) is 0 Å². The first-order valence-electron chi connectivity index (χ1n) is 10.00. The van der Waals surface area contributed by atoms with E-state index < -0.39 is 5.91 Å². The summed E-state index contributed by atoms with van der Waals surface area (Å²) in [6, 6.07) is 13.8. The van der Waals surface area contributed by atoms with Gasteiger partial charge in [-0.25, -0.2) is 14.2 Å². The molecule has 3 aromatic rings. The fourth-order valence-electron chi connectivity index (χ4n) is 3.07. The summed E-state index contributed by atoms with van der Waals surface area (Å²) in [7, 11) is 0. The summed E-state index contributed by atoms with van der Waals surface area (Å²) in [5, 5.41) is 6.06. The van der Waals surface area contributed by atoms with Crippen LogP contribution in [0.25, 0.3) is 0 Å². The fraction of sp³-hybridized carbons (Fsp3) is 0.261. The van der Waals surface area contributed by atoms with E-state index >= 15 is 0 Å². The van der Waals surface area contributed by atoms with Crippen molar-refractivity contribution in [3.63, 3.8) is 0 Å². The first kappa shape index (κ1) is 22.4. The minimum absolute atomic E-state index is 0.153. The SMILES string of the molecule is CC(C)c1ccc(NC(=O)NCc2nc(C(N)=O)c(CCc3ccccc3F)s2)cc1. The van der Waals surface area contributed by atoms with E-state index in [1.54, 1.807) is 18.2 Å². The number of amides is 3. The Balaban J connectivity index is 1.59. The Morgan fingerprint density at radius 1 is 1.10 bits per heavy atom. The van der Waals surface area contributed by atoms with Gasteiger partial charge in [-0.05, 0) is 48.1 Å². The van der Waals surface area contributed by atoms with Crippen LogP contribution in [0.3, 0.4) is 0 Å². The highest BCUT2D eigenvalue weighted by molar-refractivity contribution is 7.11. The van der Waals surface area contributed by atoms with Gasteiger partial charge < -0.3 is 16.4 Å². The molecule has 0 aliphatic heterocycles. The van der Waals surface area contributed by atoms with Crippen LogP contribution in [0.15, 0.2) is 48.5 Å². The largest absolute Gasteiger partial charge is 0.364 e. The zero-order chi connectivity index (χ0) is 22.4. The van der Waals surface area contributed by atoms with Crippen LogP contribution >= 0.6 is 11.3 Å². The molecular weight excluding hydrogens is 415 g/mol. The first-order chi connectivity index (χ1) is 14.8. The number of aromatic nitrogens is 1. The van der Waals surface area contributed by atoms with Crippen LogP contribution < -0.4 is 16.4 Å². The third-order valence-electron chi connectivity index (χ3n) is 4.79. The summed E-state index contributed by atoms with van der Waals surface area (Å²) < 4.78 is 13.8. The Morgan fingerprint density at radius 2 is 1.81 bits per heavy atom. The first-order valence-corrected chi connectivity index (χ1v) is 10.8. The predicted octanol–water partition coefficient (Wildman–Crippen LogP) is 4.61. The molecule has 0 atom stereocenters. The number of carbonyl (C=O) groups is 2. The van der Waals surface area contributed by atoms with Crippen LogP contribution in [0, 0.1) is 5.82 Å². The molecule has 0 fully saturated rings. The lowest BCUT2D eigenvalue weighted by Crippen LogP contribution is -2.28. The number of primary amides is 1. The van der Waals surface area contributed by atoms with Crippen LogP contribution in [0.4, 0.5) is 14.9 Å². The Morgan fingerprint density at radius 3 is 2.45 bits per heavy atom. The number of nitrogens with two attached hydrogens (primary N) is 1. The Bertz CT molecular complexity index is 1060. The number of anilines is 1. The van der Waals surface area contributed by atoms with Crippen LogP contribution in [0.5, 0.6) is 0 Å². The molecule has 0 unspecified atom stereocenters. The van der Waals surface area contributed by atoms with Crippen molar-refractivity contribution in [3.05, 3.63) is 81.1 Å². The molecule has 6 nitrogen and oxygen atoms in total. The number of urea groups is 1. The van der Waals surface area contributed by atoms with Crippen molar-refractivity contribution in [1.82, 2.24) is 10.3 Å². The van der Waals surface area contributed by atoms with Gasteiger partial charge in [0.25, 0.3) is 5.91 Å². The summed E-state index contributed by atoms with van der Waals surface area (Å²) in [5.74, 6) is -0.506. The molecule has 31 heavy (non-hydrogen) atoms. The summed E-state index contributed by atoms with van der Waals surface area (Å²) in [6.45, 7) is 4.36. The lowest BCUT2D eigenvalue weighted by Gasteiger charge is -2.09. The third kappa shape index (κ3) is 6.11. The van der Waals surface area contributed by atoms with Gasteiger partial charge in [0.2, 0.25) is 0 Å². The minimum atomic E-state index is -0.638. The number of nitrogens with zero attached hydrogens (tertiary/aromatic N) is 1. The van der Waals surface area contributed by atoms with Crippen molar-refractivity contribution in [3.8, 4) is 0 Å². The highest BCUT2D eigenvalue weighted by Crippen LogP contribution is 2.22. The second-order valence-electron chi connectivity index (χ2n) is 7.42. The third-order valence-corrected chi connectivity index (χ3v) is 5.90. The highest BCUT2D eigenvalue weighted by atomic mass is 32.1. The number of aryl methyl sites for hydroxylation is 2. The Labute approximate surface area is 184 Å². The lowest BCUT2D eigenvalue weighted by molar-refractivity contribution is 0.0995. The van der Waals surface area contributed by atoms with Crippen LogP contribution in [0.1, 0.15) is 51.3 Å². The van der Waals surface area contributed by atoms with E-state index in [1.165, 1.54) is 23.0 Å². The molecule has 8 heteroatoms. The van der Waals surface area contributed by atoms with Crippen molar-refractivity contribution in [2.24, 2.45) is 5.73 Å². The molecular formula is C23H25FN4O2S. The van der Waals surface area contributed by atoms with Gasteiger partial charge in [-0.3, -0.25) is 4.79 Å². The maximum atomic E-state index is 13.8. The number of halogens is 1. The maximum absolute atomic E-state index is 13.8. The molecule has 0 bridgehead atoms. The van der Waals surface area contributed by atoms with E-state index in [1.807, 2.05) is 24.3 Å². The molecule has 1 heterocycles. The summed E-state index contributed by atoms with van der Waals surface area (Å²) in [5.41, 5.74) is 8.06. The molecule has 3 amide bonds. The van der Waals surface area contributed by atoms with Gasteiger partial charge in [0.05, 0.1) is 6.54 Å². The average molecular weight is 441 g/mol. The van der Waals surface area contributed by atoms with Crippen molar-refractivity contribution in [1.29, 1.82) is 0 Å². The van der Waals surface area contributed by atoms with Gasteiger partial charge in [0, 0.05) is 10.6 Å². The van der Waals surface area contributed by atoms with Gasteiger partial charge in [-0.2, -0.15) is 0 Å². The van der Waals surface area contributed by atoms with E-state index in [9.17, 15) is 14.0 Å². The second kappa shape index (κ2) is 10.2. The van der Waals surface area contributed by atoms with E-state index in [-0.39, 0.29) is 24.1 Å². The predicted molar refractivity (Wildman–Crippen MR) is 121 cm³/mol. The Hall–Kier alpha value is -3.26. The highest BCUT2D eigenvalue weighted by Gasteiger charge is 2.17. The van der Waals surface area contributed by atoms with Gasteiger partial charge >= 0.3 is 6.03 Å². The van der Waals surface area contributed by atoms with Crippen molar-refractivity contribution in [2.45, 2.75) is 39.2 Å². The smallest absolute Gasteiger partial charge is 0.319 e. The maximum Gasteiger partial charge on any atom is 0.319 e. The van der Waals surface area contributed by atoms with Crippen LogP contribution in [0.2, 0.25) is 0 Å². The molecule has 1 aromatic heterocycles. The van der Waals surface area contributed by atoms with Gasteiger partial charge in [-0.15, -0.1) is 11.3 Å². The molecule has 2 aromatic carbocycles. The normalized spacial score (nSPS) is 10.8. The zero-order valence-electron chi connectivity index (χ0n) is 17.4. The minimum Gasteiger partial charge on any atom is -0.364 e. The lowest BCUT2D eigenvalue weighted by atomic mass is 10.0. The Kier molecular flexibility index (Phi) is 7.36. The quantitative estimate of drug-likeness (QED) is 0.477. The van der Waals surface area contributed by atoms with E-state index in [2.05, 4.69) is 29.5 Å². The fourth-order valence-corrected chi connectivity index (χ4v) is 4.08. The van der Waals surface area contributed by atoms with Gasteiger partial charge in [0.1, 0.15) is 16.5 Å². The van der Waals surface area contributed by atoms with Crippen molar-refractivity contribution in [2.75, 3.05) is 5.32 Å².